The van der Waals surface area contributed by atoms with Gasteiger partial charge in [-0.15, -0.1) is 6.58 Å². The Labute approximate surface area is 98.2 Å². The topological polar surface area (TPSA) is 34.9 Å². The average Bonchev–Trinajstić information content (AvgIpc) is 2.32. The van der Waals surface area contributed by atoms with E-state index in [-0.39, 0.29) is 11.4 Å². The summed E-state index contributed by atoms with van der Waals surface area (Å²) in [5.74, 6) is -0.381. The highest BCUT2D eigenvalue weighted by atomic mass is 19.1. The van der Waals surface area contributed by atoms with E-state index in [1.807, 2.05) is 6.08 Å². The molecular weight excluding hydrogens is 219 g/mol. The van der Waals surface area contributed by atoms with E-state index in [1.54, 1.807) is 4.57 Å². The van der Waals surface area contributed by atoms with Gasteiger partial charge in [-0.3, -0.25) is 9.36 Å². The summed E-state index contributed by atoms with van der Waals surface area (Å²) in [6.45, 7) is 4.23. The van der Waals surface area contributed by atoms with E-state index in [1.165, 1.54) is 24.5 Å². The summed E-state index contributed by atoms with van der Waals surface area (Å²) >= 11 is 0. The average molecular weight is 232 g/mol. The van der Waals surface area contributed by atoms with Crippen LogP contribution in [0.4, 0.5) is 4.39 Å². The van der Waals surface area contributed by atoms with Gasteiger partial charge in [-0.25, -0.2) is 9.37 Å². The molecule has 3 nitrogen and oxygen atoms in total. The fraction of sp³-hybridized carbons (Fsp3) is 0.231. The highest BCUT2D eigenvalue weighted by Gasteiger charge is 2.04. The number of nitrogens with zero attached hydrogens (tertiary/aromatic N) is 2. The molecule has 0 aliphatic rings. The van der Waals surface area contributed by atoms with E-state index >= 15 is 0 Å². The third kappa shape index (κ3) is 2.41. The van der Waals surface area contributed by atoms with Crippen molar-refractivity contribution < 1.29 is 4.39 Å². The van der Waals surface area contributed by atoms with Crippen molar-refractivity contribution in [1.29, 1.82) is 0 Å². The van der Waals surface area contributed by atoms with E-state index in [9.17, 15) is 9.18 Å². The lowest BCUT2D eigenvalue weighted by atomic mass is 10.2. The van der Waals surface area contributed by atoms with Crippen LogP contribution in [0.3, 0.4) is 0 Å². The van der Waals surface area contributed by atoms with E-state index in [4.69, 9.17) is 0 Å². The van der Waals surface area contributed by atoms with Gasteiger partial charge in [-0.05, 0) is 25.0 Å². The maximum Gasteiger partial charge on any atom is 0.261 e. The lowest BCUT2D eigenvalue weighted by molar-refractivity contribution is 0.619. The van der Waals surface area contributed by atoms with Crippen LogP contribution in [0.2, 0.25) is 0 Å². The van der Waals surface area contributed by atoms with E-state index in [0.717, 1.165) is 12.8 Å². The molecule has 0 aliphatic heterocycles. The van der Waals surface area contributed by atoms with Gasteiger partial charge in [0.05, 0.1) is 17.2 Å². The first kappa shape index (κ1) is 11.5. The minimum absolute atomic E-state index is 0.126. The monoisotopic (exact) mass is 232 g/mol. The van der Waals surface area contributed by atoms with Crippen LogP contribution in [-0.4, -0.2) is 9.55 Å². The molecule has 0 atom stereocenters. The molecule has 2 rings (SSSR count). The fourth-order valence-electron chi connectivity index (χ4n) is 1.70. The maximum atomic E-state index is 13.0. The molecule has 1 aromatic carbocycles. The van der Waals surface area contributed by atoms with Crippen LogP contribution in [0.25, 0.3) is 10.9 Å². The Morgan fingerprint density at radius 1 is 1.47 bits per heavy atom. The molecular formula is C13H13FN2O. The molecule has 88 valence electrons. The SMILES string of the molecule is C=CCCCn1cnc2cc(F)ccc2c1=O. The summed E-state index contributed by atoms with van der Waals surface area (Å²) in [5, 5.41) is 0.451. The number of allylic oxidation sites excluding steroid dienone is 1. The predicted molar refractivity (Wildman–Crippen MR) is 65.4 cm³/mol. The van der Waals surface area contributed by atoms with Crippen LogP contribution in [0.5, 0.6) is 0 Å². The van der Waals surface area contributed by atoms with Gasteiger partial charge in [-0.1, -0.05) is 6.08 Å². The summed E-state index contributed by atoms with van der Waals surface area (Å²) in [6.07, 6.45) is 4.98. The Balaban J connectivity index is 2.40. The summed E-state index contributed by atoms with van der Waals surface area (Å²) in [5.41, 5.74) is 0.272. The Morgan fingerprint density at radius 3 is 3.06 bits per heavy atom. The number of aryl methyl sites for hydroxylation is 1. The van der Waals surface area contributed by atoms with Gasteiger partial charge in [-0.2, -0.15) is 0 Å². The van der Waals surface area contributed by atoms with E-state index in [2.05, 4.69) is 11.6 Å². The summed E-state index contributed by atoms with van der Waals surface area (Å²) in [4.78, 5) is 16.1. The van der Waals surface area contributed by atoms with Crippen molar-refractivity contribution in [3.8, 4) is 0 Å². The van der Waals surface area contributed by atoms with Crippen LogP contribution in [0.1, 0.15) is 12.8 Å². The minimum atomic E-state index is -0.381. The van der Waals surface area contributed by atoms with Gasteiger partial charge in [0.1, 0.15) is 5.82 Å². The zero-order valence-electron chi connectivity index (χ0n) is 9.40. The van der Waals surface area contributed by atoms with Crippen molar-refractivity contribution in [2.24, 2.45) is 0 Å². The number of hydrogen-bond acceptors (Lipinski definition) is 2. The molecule has 0 bridgehead atoms. The largest absolute Gasteiger partial charge is 0.299 e. The Morgan fingerprint density at radius 2 is 2.29 bits per heavy atom. The first-order chi connectivity index (χ1) is 8.22. The maximum absolute atomic E-state index is 13.0. The smallest absolute Gasteiger partial charge is 0.261 e. The second kappa shape index (κ2) is 4.91. The normalized spacial score (nSPS) is 10.6. The molecule has 0 spiro atoms. The van der Waals surface area contributed by atoms with Crippen molar-refractivity contribution in [3.05, 3.63) is 53.4 Å². The van der Waals surface area contributed by atoms with Crippen molar-refractivity contribution in [1.82, 2.24) is 9.55 Å². The first-order valence-electron chi connectivity index (χ1n) is 5.48. The molecule has 0 N–H and O–H groups in total. The molecule has 4 heteroatoms. The molecule has 0 saturated carbocycles. The number of hydrogen-bond donors (Lipinski definition) is 0. The minimum Gasteiger partial charge on any atom is -0.299 e. The van der Waals surface area contributed by atoms with Gasteiger partial charge in [0.2, 0.25) is 0 Å². The molecule has 1 aromatic heterocycles. The second-order valence-electron chi connectivity index (χ2n) is 3.84. The molecule has 0 amide bonds. The van der Waals surface area contributed by atoms with Crippen LogP contribution in [-0.2, 0) is 6.54 Å². The van der Waals surface area contributed by atoms with E-state index < -0.39 is 0 Å². The summed E-state index contributed by atoms with van der Waals surface area (Å²) in [6, 6.07) is 4.02. The number of benzene rings is 1. The van der Waals surface area contributed by atoms with Gasteiger partial charge in [0.25, 0.3) is 5.56 Å². The van der Waals surface area contributed by atoms with Gasteiger partial charge in [0, 0.05) is 12.6 Å². The molecule has 1 heterocycles. The molecule has 0 aliphatic carbocycles. The van der Waals surface area contributed by atoms with Crippen LogP contribution in [0.15, 0.2) is 42.0 Å². The van der Waals surface area contributed by atoms with Crippen molar-refractivity contribution in [3.63, 3.8) is 0 Å². The summed E-state index contributed by atoms with van der Waals surface area (Å²) < 4.78 is 14.5. The number of fused-ring (bicyclic) bond motifs is 1. The standard InChI is InChI=1S/C13H13FN2O/c1-2-3-4-7-16-9-15-12-8-10(14)5-6-11(12)13(16)17/h2,5-6,8-9H,1,3-4,7H2. The van der Waals surface area contributed by atoms with Crippen LogP contribution < -0.4 is 5.56 Å². The number of unbranched alkanes of at least 4 members (excludes halogenated alkanes) is 1. The third-order valence-electron chi connectivity index (χ3n) is 2.59. The van der Waals surface area contributed by atoms with Crippen LogP contribution >= 0.6 is 0 Å². The summed E-state index contributed by atoms with van der Waals surface area (Å²) in [7, 11) is 0. The Bertz CT molecular complexity index is 604. The third-order valence-corrected chi connectivity index (χ3v) is 2.59. The molecule has 0 fully saturated rings. The molecule has 0 saturated heterocycles. The number of aromatic nitrogens is 2. The lowest BCUT2D eigenvalue weighted by Crippen LogP contribution is -2.20. The zero-order valence-corrected chi connectivity index (χ0v) is 9.40. The van der Waals surface area contributed by atoms with Gasteiger partial charge >= 0.3 is 0 Å². The Hall–Kier alpha value is -1.97. The van der Waals surface area contributed by atoms with E-state index in [0.29, 0.717) is 17.4 Å². The van der Waals surface area contributed by atoms with Crippen molar-refractivity contribution in [2.75, 3.05) is 0 Å². The lowest BCUT2D eigenvalue weighted by Gasteiger charge is -2.05. The zero-order chi connectivity index (χ0) is 12.3. The molecule has 0 radical (unpaired) electrons. The molecule has 0 unspecified atom stereocenters. The fourth-order valence-corrected chi connectivity index (χ4v) is 1.70. The molecule has 2 aromatic rings. The first-order valence-corrected chi connectivity index (χ1v) is 5.48. The number of halogens is 1. The quantitative estimate of drug-likeness (QED) is 0.599. The van der Waals surface area contributed by atoms with Gasteiger partial charge < -0.3 is 0 Å². The molecule has 17 heavy (non-hydrogen) atoms. The second-order valence-corrected chi connectivity index (χ2v) is 3.84. The van der Waals surface area contributed by atoms with Crippen LogP contribution in [0, 0.1) is 5.82 Å². The highest BCUT2D eigenvalue weighted by molar-refractivity contribution is 5.77. The van der Waals surface area contributed by atoms with Gasteiger partial charge in [0.15, 0.2) is 0 Å². The van der Waals surface area contributed by atoms with Crippen molar-refractivity contribution in [2.45, 2.75) is 19.4 Å². The predicted octanol–water partition coefficient (Wildman–Crippen LogP) is 2.50. The Kier molecular flexibility index (Phi) is 3.32. The van der Waals surface area contributed by atoms with Crippen molar-refractivity contribution >= 4 is 10.9 Å². The highest BCUT2D eigenvalue weighted by Crippen LogP contribution is 2.08. The number of rotatable bonds is 4.